The molecule has 8 nitrogen and oxygen atoms in total. The number of aromatic nitrogens is 1. The third-order valence-electron chi connectivity index (χ3n) is 3.93. The number of carboxylic acid groups (broad SMARTS) is 2. The summed E-state index contributed by atoms with van der Waals surface area (Å²) in [5.74, 6) is 3.64. The molecule has 2 unspecified atom stereocenters. The van der Waals surface area contributed by atoms with E-state index in [1.54, 1.807) is 12.1 Å². The van der Waals surface area contributed by atoms with Gasteiger partial charge in [0, 0.05) is 18.6 Å². The van der Waals surface area contributed by atoms with Crippen molar-refractivity contribution < 1.29 is 30.0 Å². The Balaban J connectivity index is 0.000000890. The minimum Gasteiger partial charge on any atom is -0.478 e. The third-order valence-corrected chi connectivity index (χ3v) is 3.93. The van der Waals surface area contributed by atoms with Crippen molar-refractivity contribution in [2.45, 2.75) is 64.0 Å². The number of rotatable bonds is 11. The molecule has 1 rings (SSSR count). The molecule has 0 aromatic carbocycles. The molecular weight excluding hydrogens is 388 g/mol. The normalized spacial score (nSPS) is 12.3. The van der Waals surface area contributed by atoms with E-state index >= 15 is 0 Å². The molecule has 0 aliphatic carbocycles. The molecule has 0 aliphatic rings. The van der Waals surface area contributed by atoms with Crippen molar-refractivity contribution in [3.63, 3.8) is 0 Å². The Morgan fingerprint density at radius 3 is 2.27 bits per heavy atom. The summed E-state index contributed by atoms with van der Waals surface area (Å²) < 4.78 is 0. The summed E-state index contributed by atoms with van der Waals surface area (Å²) in [7, 11) is 0. The SMILES string of the molecule is CCCCCCCCC#Cc1cccc(C(O)C(N)CO)n1.O=C(O)/C=C\C(=O)O. The summed E-state index contributed by atoms with van der Waals surface area (Å²) in [5.41, 5.74) is 6.70. The van der Waals surface area contributed by atoms with Crippen molar-refractivity contribution in [3.8, 4) is 11.8 Å². The van der Waals surface area contributed by atoms with Gasteiger partial charge in [0.1, 0.15) is 11.8 Å². The number of unbranched alkanes of at least 4 members (excludes halogenated alkanes) is 6. The Kier molecular flexibility index (Phi) is 15.6. The maximum atomic E-state index is 9.93. The van der Waals surface area contributed by atoms with Crippen LogP contribution in [-0.2, 0) is 9.59 Å². The highest BCUT2D eigenvalue weighted by Gasteiger charge is 2.17. The highest BCUT2D eigenvalue weighted by atomic mass is 16.4. The van der Waals surface area contributed by atoms with Crippen LogP contribution >= 0.6 is 0 Å². The summed E-state index contributed by atoms with van der Waals surface area (Å²) in [4.78, 5) is 23.4. The lowest BCUT2D eigenvalue weighted by Gasteiger charge is -2.15. The van der Waals surface area contributed by atoms with E-state index in [1.165, 1.54) is 32.1 Å². The van der Waals surface area contributed by atoms with Crippen molar-refractivity contribution >= 4 is 11.9 Å². The Labute approximate surface area is 177 Å². The molecule has 1 aromatic heterocycles. The largest absolute Gasteiger partial charge is 0.478 e. The monoisotopic (exact) mass is 420 g/mol. The standard InChI is InChI=1S/C18H28N2O2.C4H4O4/c1-2-3-4-5-6-7-8-9-11-15-12-10-13-17(20-15)18(22)16(19)14-21;5-3(6)1-2-4(7)8/h10,12-13,16,18,21-22H,2-8,14,19H2,1H3;1-2H,(H,5,6)(H,7,8)/b;2-1-. The van der Waals surface area contributed by atoms with Gasteiger partial charge in [-0.05, 0) is 24.5 Å². The average molecular weight is 421 g/mol. The second kappa shape index (κ2) is 17.2. The van der Waals surface area contributed by atoms with Gasteiger partial charge < -0.3 is 26.2 Å². The molecule has 0 spiro atoms. The first-order valence-electron chi connectivity index (χ1n) is 9.96. The third kappa shape index (κ3) is 14.3. The Morgan fingerprint density at radius 1 is 1.10 bits per heavy atom. The molecule has 166 valence electrons. The highest BCUT2D eigenvalue weighted by molar-refractivity contribution is 5.89. The lowest BCUT2D eigenvalue weighted by atomic mass is 10.1. The molecule has 8 heteroatoms. The molecule has 0 fully saturated rings. The Hall–Kier alpha value is -2.73. The molecule has 2 atom stereocenters. The van der Waals surface area contributed by atoms with Crippen LogP contribution in [0.25, 0.3) is 0 Å². The summed E-state index contributed by atoms with van der Waals surface area (Å²) in [5, 5.41) is 34.5. The number of aliphatic hydroxyl groups excluding tert-OH is 2. The van der Waals surface area contributed by atoms with E-state index < -0.39 is 24.1 Å². The van der Waals surface area contributed by atoms with Crippen molar-refractivity contribution in [1.82, 2.24) is 4.98 Å². The quantitative estimate of drug-likeness (QED) is 0.207. The molecule has 0 saturated heterocycles. The predicted octanol–water partition coefficient (Wildman–Crippen LogP) is 2.25. The molecule has 0 radical (unpaired) electrons. The number of aliphatic carboxylic acids is 2. The number of hydrogen-bond donors (Lipinski definition) is 5. The molecular formula is C22H32N2O6. The highest BCUT2D eigenvalue weighted by Crippen LogP contribution is 2.13. The number of nitrogens with zero attached hydrogens (tertiary/aromatic N) is 1. The first-order chi connectivity index (χ1) is 14.3. The van der Waals surface area contributed by atoms with Crippen molar-refractivity contribution in [3.05, 3.63) is 41.7 Å². The smallest absolute Gasteiger partial charge is 0.328 e. The second-order valence-corrected chi connectivity index (χ2v) is 6.57. The number of nitrogens with two attached hydrogens (primary N) is 1. The minimum atomic E-state index is -1.26. The van der Waals surface area contributed by atoms with Gasteiger partial charge in [-0.3, -0.25) is 0 Å². The van der Waals surface area contributed by atoms with Gasteiger partial charge in [-0.2, -0.15) is 0 Å². The van der Waals surface area contributed by atoms with Crippen molar-refractivity contribution in [1.29, 1.82) is 0 Å². The molecule has 1 heterocycles. The van der Waals surface area contributed by atoms with E-state index in [2.05, 4.69) is 23.7 Å². The van der Waals surface area contributed by atoms with Gasteiger partial charge in [0.25, 0.3) is 0 Å². The lowest BCUT2D eigenvalue weighted by molar-refractivity contribution is -0.134. The minimum absolute atomic E-state index is 0.281. The summed E-state index contributed by atoms with van der Waals surface area (Å²) in [6.07, 6.45) is 8.56. The van der Waals surface area contributed by atoms with Gasteiger partial charge in [0.15, 0.2) is 0 Å². The second-order valence-electron chi connectivity index (χ2n) is 6.57. The molecule has 0 saturated carbocycles. The number of pyridine rings is 1. The van der Waals surface area contributed by atoms with E-state index in [1.807, 2.05) is 6.07 Å². The number of hydrogen-bond acceptors (Lipinski definition) is 6. The van der Waals surface area contributed by atoms with E-state index in [0.29, 0.717) is 23.5 Å². The van der Waals surface area contributed by atoms with Crippen LogP contribution in [0.1, 0.15) is 69.4 Å². The van der Waals surface area contributed by atoms with Crippen LogP contribution < -0.4 is 5.73 Å². The van der Waals surface area contributed by atoms with Gasteiger partial charge >= 0.3 is 11.9 Å². The summed E-state index contributed by atoms with van der Waals surface area (Å²) in [6.45, 7) is 1.94. The van der Waals surface area contributed by atoms with Crippen LogP contribution in [-0.4, -0.2) is 50.0 Å². The number of aliphatic hydroxyl groups is 2. The molecule has 0 bridgehead atoms. The van der Waals surface area contributed by atoms with Crippen LogP contribution in [0.2, 0.25) is 0 Å². The molecule has 6 N–H and O–H groups in total. The molecule has 0 amide bonds. The van der Waals surface area contributed by atoms with E-state index in [-0.39, 0.29) is 6.61 Å². The van der Waals surface area contributed by atoms with E-state index in [9.17, 15) is 14.7 Å². The first kappa shape index (κ1) is 27.3. The first-order valence-corrected chi connectivity index (χ1v) is 9.96. The Bertz CT molecular complexity index is 708. The topological polar surface area (TPSA) is 154 Å². The van der Waals surface area contributed by atoms with Crippen molar-refractivity contribution in [2.75, 3.05) is 6.61 Å². The zero-order chi connectivity index (χ0) is 22.8. The number of carboxylic acids is 2. The van der Waals surface area contributed by atoms with Gasteiger partial charge in [0.2, 0.25) is 0 Å². The molecule has 0 aliphatic heterocycles. The number of carbonyl (C=O) groups is 2. The predicted molar refractivity (Wildman–Crippen MR) is 114 cm³/mol. The Morgan fingerprint density at radius 2 is 1.70 bits per heavy atom. The fraction of sp³-hybridized carbons (Fsp3) is 0.500. The van der Waals surface area contributed by atoms with Crippen LogP contribution in [0.4, 0.5) is 0 Å². The maximum absolute atomic E-state index is 9.93. The van der Waals surface area contributed by atoms with Crippen LogP contribution in [0, 0.1) is 11.8 Å². The van der Waals surface area contributed by atoms with Gasteiger partial charge in [0.05, 0.1) is 18.3 Å². The zero-order valence-corrected chi connectivity index (χ0v) is 17.3. The van der Waals surface area contributed by atoms with E-state index in [0.717, 1.165) is 12.8 Å². The summed E-state index contributed by atoms with van der Waals surface area (Å²) in [6, 6.07) is 4.58. The maximum Gasteiger partial charge on any atom is 0.328 e. The van der Waals surface area contributed by atoms with Gasteiger partial charge in [-0.1, -0.05) is 51.0 Å². The fourth-order valence-electron chi connectivity index (χ4n) is 2.29. The fourth-order valence-corrected chi connectivity index (χ4v) is 2.29. The van der Waals surface area contributed by atoms with Gasteiger partial charge in [-0.15, -0.1) is 0 Å². The van der Waals surface area contributed by atoms with Gasteiger partial charge in [-0.25, -0.2) is 14.6 Å². The van der Waals surface area contributed by atoms with Crippen LogP contribution in [0.3, 0.4) is 0 Å². The molecule has 30 heavy (non-hydrogen) atoms. The average Bonchev–Trinajstić information content (AvgIpc) is 2.73. The van der Waals surface area contributed by atoms with Crippen LogP contribution in [0.15, 0.2) is 30.4 Å². The zero-order valence-electron chi connectivity index (χ0n) is 17.3. The summed E-state index contributed by atoms with van der Waals surface area (Å²) >= 11 is 0. The lowest BCUT2D eigenvalue weighted by Crippen LogP contribution is -2.32. The van der Waals surface area contributed by atoms with Crippen molar-refractivity contribution in [2.24, 2.45) is 5.73 Å². The molecule has 1 aromatic rings. The van der Waals surface area contributed by atoms with E-state index in [4.69, 9.17) is 21.1 Å². The van der Waals surface area contributed by atoms with Crippen LogP contribution in [0.5, 0.6) is 0 Å².